The smallest absolute Gasteiger partial charge is 0.137 e. The van der Waals surface area contributed by atoms with Crippen molar-refractivity contribution in [3.05, 3.63) is 33.5 Å². The van der Waals surface area contributed by atoms with Crippen LogP contribution in [0.2, 0.25) is 0 Å². The van der Waals surface area contributed by atoms with E-state index in [9.17, 15) is 4.39 Å². The molecule has 0 saturated heterocycles. The molecule has 2 rings (SSSR count). The molecule has 0 heterocycles. The third-order valence-corrected chi connectivity index (χ3v) is 3.92. The van der Waals surface area contributed by atoms with Crippen molar-refractivity contribution >= 4 is 15.9 Å². The Kier molecular flexibility index (Phi) is 2.86. The van der Waals surface area contributed by atoms with Gasteiger partial charge in [0.25, 0.3) is 0 Å². The van der Waals surface area contributed by atoms with E-state index in [0.717, 1.165) is 36.8 Å². The fourth-order valence-corrected chi connectivity index (χ4v) is 2.20. The molecular formula is C12H15BrFN. The summed E-state index contributed by atoms with van der Waals surface area (Å²) in [5.74, 6) is -0.174. The monoisotopic (exact) mass is 271 g/mol. The third kappa shape index (κ3) is 2.58. The Bertz CT molecular complexity index is 385. The van der Waals surface area contributed by atoms with Gasteiger partial charge in [0.1, 0.15) is 5.82 Å². The molecular weight excluding hydrogens is 257 g/mol. The Morgan fingerprint density at radius 2 is 2.13 bits per heavy atom. The van der Waals surface area contributed by atoms with Gasteiger partial charge >= 0.3 is 0 Å². The second-order valence-corrected chi connectivity index (χ2v) is 5.38. The molecule has 1 fully saturated rings. The van der Waals surface area contributed by atoms with E-state index in [1.165, 1.54) is 0 Å². The van der Waals surface area contributed by atoms with Crippen LogP contribution in [-0.4, -0.2) is 5.54 Å². The summed E-state index contributed by atoms with van der Waals surface area (Å²) in [6.07, 6.45) is 4.03. The summed E-state index contributed by atoms with van der Waals surface area (Å²) in [6, 6.07) is 3.57. The van der Waals surface area contributed by atoms with Gasteiger partial charge in [-0.2, -0.15) is 0 Å². The van der Waals surface area contributed by atoms with E-state index in [2.05, 4.69) is 15.9 Å². The summed E-state index contributed by atoms with van der Waals surface area (Å²) >= 11 is 3.29. The Balaban J connectivity index is 2.13. The largest absolute Gasteiger partial charge is 0.325 e. The molecule has 1 aliphatic rings. The minimum Gasteiger partial charge on any atom is -0.325 e. The second-order valence-electron chi connectivity index (χ2n) is 4.58. The first-order valence-corrected chi connectivity index (χ1v) is 6.03. The maximum absolute atomic E-state index is 13.4. The van der Waals surface area contributed by atoms with E-state index in [4.69, 9.17) is 5.73 Å². The van der Waals surface area contributed by atoms with Crippen LogP contribution >= 0.6 is 15.9 Å². The molecule has 1 nitrogen and oxygen atoms in total. The molecule has 0 unspecified atom stereocenters. The van der Waals surface area contributed by atoms with Crippen LogP contribution < -0.4 is 5.73 Å². The van der Waals surface area contributed by atoms with E-state index in [-0.39, 0.29) is 11.4 Å². The Morgan fingerprint density at radius 3 is 2.73 bits per heavy atom. The first-order valence-electron chi connectivity index (χ1n) is 5.24. The van der Waals surface area contributed by atoms with E-state index < -0.39 is 0 Å². The quantitative estimate of drug-likeness (QED) is 0.897. The molecule has 0 aliphatic heterocycles. The number of halogens is 2. The number of nitrogens with two attached hydrogens (primary N) is 1. The van der Waals surface area contributed by atoms with Gasteiger partial charge in [-0.05, 0) is 65.7 Å². The fourth-order valence-electron chi connectivity index (χ4n) is 1.77. The summed E-state index contributed by atoms with van der Waals surface area (Å²) in [5, 5.41) is 0. The second kappa shape index (κ2) is 3.87. The zero-order valence-corrected chi connectivity index (χ0v) is 10.4. The summed E-state index contributed by atoms with van der Waals surface area (Å²) in [6.45, 7) is 1.91. The van der Waals surface area contributed by atoms with Crippen LogP contribution in [0.15, 0.2) is 16.6 Å². The summed E-state index contributed by atoms with van der Waals surface area (Å²) in [5.41, 5.74) is 8.05. The number of benzene rings is 1. The van der Waals surface area contributed by atoms with Gasteiger partial charge in [-0.1, -0.05) is 6.07 Å². The highest BCUT2D eigenvalue weighted by Gasteiger charge is 2.37. The van der Waals surface area contributed by atoms with Crippen molar-refractivity contribution in [3.8, 4) is 0 Å². The fraction of sp³-hybridized carbons (Fsp3) is 0.500. The molecule has 1 aliphatic carbocycles. The molecule has 82 valence electrons. The van der Waals surface area contributed by atoms with Crippen molar-refractivity contribution in [1.29, 1.82) is 0 Å². The minimum atomic E-state index is -0.174. The lowest BCUT2D eigenvalue weighted by atomic mass is 10.0. The summed E-state index contributed by atoms with van der Waals surface area (Å²) in [4.78, 5) is 0. The summed E-state index contributed by atoms with van der Waals surface area (Å²) in [7, 11) is 0. The van der Waals surface area contributed by atoms with Gasteiger partial charge in [-0.15, -0.1) is 0 Å². The van der Waals surface area contributed by atoms with Crippen LogP contribution in [0.4, 0.5) is 4.39 Å². The predicted molar refractivity (Wildman–Crippen MR) is 63.3 cm³/mol. The van der Waals surface area contributed by atoms with Crippen molar-refractivity contribution in [2.75, 3.05) is 0 Å². The van der Waals surface area contributed by atoms with Crippen molar-refractivity contribution in [3.63, 3.8) is 0 Å². The molecule has 0 radical (unpaired) electrons. The summed E-state index contributed by atoms with van der Waals surface area (Å²) < 4.78 is 14.0. The van der Waals surface area contributed by atoms with Crippen LogP contribution in [0.25, 0.3) is 0 Å². The molecule has 0 amide bonds. The average Bonchev–Trinajstić information content (AvgIpc) is 2.88. The molecule has 0 spiro atoms. The molecule has 15 heavy (non-hydrogen) atoms. The van der Waals surface area contributed by atoms with Crippen LogP contribution in [-0.2, 0) is 6.42 Å². The number of hydrogen-bond acceptors (Lipinski definition) is 1. The SMILES string of the molecule is Cc1cc(F)c(Br)c(CCC2(N)CC2)c1. The van der Waals surface area contributed by atoms with E-state index in [1.807, 2.05) is 13.0 Å². The lowest BCUT2D eigenvalue weighted by Gasteiger charge is -2.10. The molecule has 1 aromatic rings. The van der Waals surface area contributed by atoms with Crippen LogP contribution in [0.3, 0.4) is 0 Å². The van der Waals surface area contributed by atoms with Gasteiger partial charge in [-0.3, -0.25) is 0 Å². The third-order valence-electron chi connectivity index (χ3n) is 3.03. The molecule has 2 N–H and O–H groups in total. The maximum Gasteiger partial charge on any atom is 0.137 e. The van der Waals surface area contributed by atoms with Gasteiger partial charge in [0.05, 0.1) is 4.47 Å². The highest BCUT2D eigenvalue weighted by atomic mass is 79.9. The number of hydrogen-bond donors (Lipinski definition) is 1. The zero-order chi connectivity index (χ0) is 11.1. The first-order chi connectivity index (χ1) is 7.00. The lowest BCUT2D eigenvalue weighted by Crippen LogP contribution is -2.22. The van der Waals surface area contributed by atoms with E-state index in [0.29, 0.717) is 4.47 Å². The van der Waals surface area contributed by atoms with Crippen molar-refractivity contribution in [2.45, 2.75) is 38.1 Å². The Labute approximate surface area is 98.0 Å². The van der Waals surface area contributed by atoms with Gasteiger partial charge < -0.3 is 5.73 Å². The van der Waals surface area contributed by atoms with Crippen LogP contribution in [0.5, 0.6) is 0 Å². The zero-order valence-electron chi connectivity index (χ0n) is 8.82. The van der Waals surface area contributed by atoms with Gasteiger partial charge in [0, 0.05) is 5.54 Å². The Hall–Kier alpha value is -0.410. The van der Waals surface area contributed by atoms with Crippen molar-refractivity contribution in [2.24, 2.45) is 5.73 Å². The molecule has 0 aromatic heterocycles. The molecule has 0 atom stereocenters. The van der Waals surface area contributed by atoms with Gasteiger partial charge in [0.2, 0.25) is 0 Å². The van der Waals surface area contributed by atoms with Crippen LogP contribution in [0, 0.1) is 12.7 Å². The van der Waals surface area contributed by atoms with Gasteiger partial charge in [-0.25, -0.2) is 4.39 Å². The molecule has 0 bridgehead atoms. The topological polar surface area (TPSA) is 26.0 Å². The normalized spacial score (nSPS) is 17.9. The molecule has 1 aromatic carbocycles. The Morgan fingerprint density at radius 1 is 1.47 bits per heavy atom. The first kappa shape index (κ1) is 11.1. The number of rotatable bonds is 3. The van der Waals surface area contributed by atoms with Gasteiger partial charge in [0.15, 0.2) is 0 Å². The lowest BCUT2D eigenvalue weighted by molar-refractivity contribution is 0.594. The standard InChI is InChI=1S/C12H15BrFN/c1-8-6-9(11(13)10(14)7-8)2-3-12(15)4-5-12/h6-7H,2-5,15H2,1H3. The molecule has 3 heteroatoms. The minimum absolute atomic E-state index is 0.0413. The maximum atomic E-state index is 13.4. The van der Waals surface area contributed by atoms with E-state index in [1.54, 1.807) is 6.07 Å². The average molecular weight is 272 g/mol. The molecule has 1 saturated carbocycles. The van der Waals surface area contributed by atoms with E-state index >= 15 is 0 Å². The van der Waals surface area contributed by atoms with Crippen LogP contribution in [0.1, 0.15) is 30.4 Å². The predicted octanol–water partition coefficient (Wildman–Crippen LogP) is 3.32. The highest BCUT2D eigenvalue weighted by Crippen LogP contribution is 2.37. The van der Waals surface area contributed by atoms with Crippen molar-refractivity contribution < 1.29 is 4.39 Å². The highest BCUT2D eigenvalue weighted by molar-refractivity contribution is 9.10. The number of aryl methyl sites for hydroxylation is 2. The van der Waals surface area contributed by atoms with Crippen molar-refractivity contribution in [1.82, 2.24) is 0 Å².